The molecule has 0 atom stereocenters. The second kappa shape index (κ2) is 4.65. The molecule has 0 bridgehead atoms. The zero-order valence-electron chi connectivity index (χ0n) is 9.53. The van der Waals surface area contributed by atoms with Crippen LogP contribution in [0.3, 0.4) is 0 Å². The molecule has 1 heterocycles. The van der Waals surface area contributed by atoms with Crippen LogP contribution in [0.2, 0.25) is 0 Å². The van der Waals surface area contributed by atoms with E-state index in [1.807, 2.05) is 31.2 Å². The molecule has 4 nitrogen and oxygen atoms in total. The lowest BCUT2D eigenvalue weighted by molar-refractivity contribution is -0.111. The number of aromatic nitrogens is 2. The first-order valence-electron chi connectivity index (χ1n) is 5.24. The topological polar surface area (TPSA) is 57.8 Å². The number of carbonyl (C=O) groups excluding carboxylic acids is 1. The number of aromatic amines is 1. The van der Waals surface area contributed by atoms with Crippen molar-refractivity contribution in [2.75, 3.05) is 5.32 Å². The first-order valence-corrected chi connectivity index (χ1v) is 5.24. The van der Waals surface area contributed by atoms with Gasteiger partial charge in [-0.05, 0) is 18.6 Å². The van der Waals surface area contributed by atoms with Gasteiger partial charge < -0.3 is 4.98 Å². The summed E-state index contributed by atoms with van der Waals surface area (Å²) in [4.78, 5) is 18.2. The Morgan fingerprint density at radius 2 is 2.12 bits per heavy atom. The van der Waals surface area contributed by atoms with Crippen molar-refractivity contribution in [3.63, 3.8) is 0 Å². The number of H-pyrrole nitrogens is 1. The summed E-state index contributed by atoms with van der Waals surface area (Å²) < 4.78 is 0. The zero-order valence-corrected chi connectivity index (χ0v) is 9.53. The van der Waals surface area contributed by atoms with Gasteiger partial charge in [-0.3, -0.25) is 10.1 Å². The first kappa shape index (κ1) is 11.1. The molecule has 2 aromatic rings. The quantitative estimate of drug-likeness (QED) is 0.791. The van der Waals surface area contributed by atoms with Crippen LogP contribution in [0.5, 0.6) is 0 Å². The summed E-state index contributed by atoms with van der Waals surface area (Å²) in [6, 6.07) is 8.06. The van der Waals surface area contributed by atoms with Gasteiger partial charge in [0.05, 0.1) is 11.9 Å². The maximum atomic E-state index is 11.1. The molecule has 2 rings (SSSR count). The van der Waals surface area contributed by atoms with E-state index in [1.54, 1.807) is 6.20 Å². The number of nitrogens with one attached hydrogen (secondary N) is 2. The number of anilines is 1. The first-order chi connectivity index (χ1) is 8.19. The minimum absolute atomic E-state index is 0.283. The number of imidazole rings is 1. The summed E-state index contributed by atoms with van der Waals surface area (Å²) in [7, 11) is 0. The van der Waals surface area contributed by atoms with Crippen LogP contribution in [-0.2, 0) is 4.79 Å². The van der Waals surface area contributed by atoms with Crippen molar-refractivity contribution >= 4 is 11.9 Å². The van der Waals surface area contributed by atoms with Gasteiger partial charge in [-0.2, -0.15) is 0 Å². The number of benzene rings is 1. The molecular formula is C13H13N3O. The zero-order chi connectivity index (χ0) is 12.3. The number of aryl methyl sites for hydroxylation is 1. The molecule has 0 aliphatic heterocycles. The monoisotopic (exact) mass is 227 g/mol. The molecule has 1 aromatic carbocycles. The van der Waals surface area contributed by atoms with Crippen LogP contribution < -0.4 is 5.32 Å². The van der Waals surface area contributed by atoms with E-state index in [0.717, 1.165) is 11.3 Å². The van der Waals surface area contributed by atoms with Crippen molar-refractivity contribution in [2.24, 2.45) is 0 Å². The Kier molecular flexibility index (Phi) is 3.05. The summed E-state index contributed by atoms with van der Waals surface area (Å²) >= 11 is 0. The lowest BCUT2D eigenvalue weighted by Gasteiger charge is -1.98. The summed E-state index contributed by atoms with van der Waals surface area (Å²) in [6.45, 7) is 5.41. The van der Waals surface area contributed by atoms with E-state index in [0.29, 0.717) is 5.95 Å². The molecule has 1 amide bonds. The summed E-state index contributed by atoms with van der Waals surface area (Å²) in [5.74, 6) is 0.139. The highest BCUT2D eigenvalue weighted by molar-refractivity contribution is 5.97. The Labute approximate surface area is 99.4 Å². The molecule has 0 radical (unpaired) electrons. The molecule has 0 saturated carbocycles. The lowest BCUT2D eigenvalue weighted by atomic mass is 10.1. The normalized spacial score (nSPS) is 9.94. The molecule has 0 fully saturated rings. The van der Waals surface area contributed by atoms with Crippen LogP contribution in [0.15, 0.2) is 43.1 Å². The van der Waals surface area contributed by atoms with Crippen LogP contribution in [0.1, 0.15) is 5.56 Å². The highest BCUT2D eigenvalue weighted by Gasteiger charge is 2.04. The fourth-order valence-corrected chi connectivity index (χ4v) is 1.43. The van der Waals surface area contributed by atoms with E-state index in [9.17, 15) is 4.79 Å². The predicted molar refractivity (Wildman–Crippen MR) is 67.6 cm³/mol. The third kappa shape index (κ3) is 2.60. The summed E-state index contributed by atoms with van der Waals surface area (Å²) in [5.41, 5.74) is 3.10. The molecule has 1 aromatic heterocycles. The Morgan fingerprint density at radius 3 is 2.76 bits per heavy atom. The van der Waals surface area contributed by atoms with Crippen molar-refractivity contribution < 1.29 is 4.79 Å². The van der Waals surface area contributed by atoms with Crippen LogP contribution in [-0.4, -0.2) is 15.9 Å². The molecular weight excluding hydrogens is 214 g/mol. The molecule has 17 heavy (non-hydrogen) atoms. The molecule has 0 saturated heterocycles. The standard InChI is InChI=1S/C13H13N3O/c1-3-12(17)16-13-14-8-11(15-13)10-6-4-9(2)5-7-10/h3-8H,1H2,2H3,(H2,14,15,16,17). The molecule has 0 aliphatic rings. The number of nitrogens with zero attached hydrogens (tertiary/aromatic N) is 1. The van der Waals surface area contributed by atoms with Gasteiger partial charge in [-0.1, -0.05) is 36.4 Å². The summed E-state index contributed by atoms with van der Waals surface area (Å²) in [6.07, 6.45) is 2.89. The average molecular weight is 227 g/mol. The maximum Gasteiger partial charge on any atom is 0.250 e. The fourth-order valence-electron chi connectivity index (χ4n) is 1.43. The van der Waals surface area contributed by atoms with Gasteiger partial charge in [0, 0.05) is 0 Å². The van der Waals surface area contributed by atoms with Crippen molar-refractivity contribution in [1.29, 1.82) is 0 Å². The van der Waals surface area contributed by atoms with Gasteiger partial charge in [0.25, 0.3) is 0 Å². The van der Waals surface area contributed by atoms with Crippen LogP contribution >= 0.6 is 0 Å². The van der Waals surface area contributed by atoms with Crippen LogP contribution in [0, 0.1) is 6.92 Å². The van der Waals surface area contributed by atoms with Crippen molar-refractivity contribution in [3.05, 3.63) is 48.7 Å². The molecule has 86 valence electrons. The fraction of sp³-hybridized carbons (Fsp3) is 0.0769. The van der Waals surface area contributed by atoms with Crippen molar-refractivity contribution in [3.8, 4) is 11.3 Å². The van der Waals surface area contributed by atoms with E-state index in [-0.39, 0.29) is 5.91 Å². The van der Waals surface area contributed by atoms with Crippen LogP contribution in [0.4, 0.5) is 5.95 Å². The van der Waals surface area contributed by atoms with E-state index in [2.05, 4.69) is 21.9 Å². The predicted octanol–water partition coefficient (Wildman–Crippen LogP) is 2.51. The molecule has 2 N–H and O–H groups in total. The van der Waals surface area contributed by atoms with Crippen molar-refractivity contribution in [2.45, 2.75) is 6.92 Å². The van der Waals surface area contributed by atoms with E-state index in [4.69, 9.17) is 0 Å². The number of hydrogen-bond donors (Lipinski definition) is 2. The third-order valence-corrected chi connectivity index (χ3v) is 2.37. The molecule has 0 spiro atoms. The maximum absolute atomic E-state index is 11.1. The highest BCUT2D eigenvalue weighted by Crippen LogP contribution is 2.18. The second-order valence-electron chi connectivity index (χ2n) is 3.70. The molecule has 0 aliphatic carbocycles. The van der Waals surface area contributed by atoms with Crippen molar-refractivity contribution in [1.82, 2.24) is 9.97 Å². The largest absolute Gasteiger partial charge is 0.324 e. The Hall–Kier alpha value is -2.36. The highest BCUT2D eigenvalue weighted by atomic mass is 16.1. The Morgan fingerprint density at radius 1 is 1.41 bits per heavy atom. The Balaban J connectivity index is 2.20. The molecule has 4 heteroatoms. The van der Waals surface area contributed by atoms with Gasteiger partial charge >= 0.3 is 0 Å². The second-order valence-corrected chi connectivity index (χ2v) is 3.70. The minimum Gasteiger partial charge on any atom is -0.324 e. The molecule has 0 unspecified atom stereocenters. The number of rotatable bonds is 3. The van der Waals surface area contributed by atoms with Gasteiger partial charge in [0.1, 0.15) is 0 Å². The van der Waals surface area contributed by atoms with Gasteiger partial charge in [-0.25, -0.2) is 4.98 Å². The SMILES string of the molecule is C=CC(=O)Nc1ncc(-c2ccc(C)cc2)[nH]1. The lowest BCUT2D eigenvalue weighted by Crippen LogP contribution is -2.08. The van der Waals surface area contributed by atoms with E-state index < -0.39 is 0 Å². The van der Waals surface area contributed by atoms with Gasteiger partial charge in [0.2, 0.25) is 11.9 Å². The van der Waals surface area contributed by atoms with E-state index >= 15 is 0 Å². The number of hydrogen-bond acceptors (Lipinski definition) is 2. The minimum atomic E-state index is -0.283. The number of amides is 1. The van der Waals surface area contributed by atoms with Gasteiger partial charge in [0.15, 0.2) is 0 Å². The van der Waals surface area contributed by atoms with E-state index in [1.165, 1.54) is 11.6 Å². The summed E-state index contributed by atoms with van der Waals surface area (Å²) in [5, 5.41) is 2.57. The van der Waals surface area contributed by atoms with Crippen LogP contribution in [0.25, 0.3) is 11.3 Å². The Bertz CT molecular complexity index is 540. The van der Waals surface area contributed by atoms with Gasteiger partial charge in [-0.15, -0.1) is 0 Å². The number of carbonyl (C=O) groups is 1. The third-order valence-electron chi connectivity index (χ3n) is 2.37. The smallest absolute Gasteiger partial charge is 0.250 e. The average Bonchev–Trinajstić information content (AvgIpc) is 2.78.